The SMILES string of the molecule is CCC[NH+]1CCN(c2ccc(S(=O)(=O)N3C[C@H](C)C[C@H](C)C3)cc2[N+](=O)[O-])CC1. The van der Waals surface area contributed by atoms with E-state index in [4.69, 9.17) is 0 Å². The molecule has 1 aromatic carbocycles. The number of piperazine rings is 1. The number of hydrogen-bond donors (Lipinski definition) is 1. The second-order valence-electron chi connectivity index (χ2n) is 8.66. The van der Waals surface area contributed by atoms with Gasteiger partial charge in [-0.2, -0.15) is 4.31 Å². The van der Waals surface area contributed by atoms with Crippen molar-refractivity contribution in [1.82, 2.24) is 4.31 Å². The Morgan fingerprint density at radius 2 is 1.79 bits per heavy atom. The number of nitro groups is 1. The molecule has 0 bridgehead atoms. The maximum Gasteiger partial charge on any atom is 0.293 e. The highest BCUT2D eigenvalue weighted by Gasteiger charge is 2.34. The predicted molar refractivity (Wildman–Crippen MR) is 113 cm³/mol. The van der Waals surface area contributed by atoms with Gasteiger partial charge < -0.3 is 9.80 Å². The Kier molecular flexibility index (Phi) is 6.80. The molecule has 9 heteroatoms. The van der Waals surface area contributed by atoms with Crippen molar-refractivity contribution in [2.75, 3.05) is 50.7 Å². The number of rotatable bonds is 6. The van der Waals surface area contributed by atoms with E-state index in [0.717, 1.165) is 45.6 Å². The third kappa shape index (κ3) is 4.90. The number of quaternary nitrogens is 1. The van der Waals surface area contributed by atoms with Crippen molar-refractivity contribution in [3.8, 4) is 0 Å². The van der Waals surface area contributed by atoms with Gasteiger partial charge in [-0.1, -0.05) is 20.8 Å². The first-order chi connectivity index (χ1) is 13.7. The van der Waals surface area contributed by atoms with Gasteiger partial charge >= 0.3 is 0 Å². The molecule has 2 saturated heterocycles. The van der Waals surface area contributed by atoms with Crippen LogP contribution >= 0.6 is 0 Å². The van der Waals surface area contributed by atoms with E-state index in [1.165, 1.54) is 21.3 Å². The van der Waals surface area contributed by atoms with Gasteiger partial charge in [0.25, 0.3) is 5.69 Å². The predicted octanol–water partition coefficient (Wildman–Crippen LogP) is 1.38. The molecule has 3 rings (SSSR count). The molecule has 29 heavy (non-hydrogen) atoms. The fourth-order valence-electron chi connectivity index (χ4n) is 4.70. The van der Waals surface area contributed by atoms with Gasteiger partial charge in [-0.25, -0.2) is 8.42 Å². The summed E-state index contributed by atoms with van der Waals surface area (Å²) in [6, 6.07) is 4.40. The number of piperidine rings is 1. The van der Waals surface area contributed by atoms with Crippen LogP contribution in [0, 0.1) is 22.0 Å². The summed E-state index contributed by atoms with van der Waals surface area (Å²) in [6.45, 7) is 11.6. The van der Waals surface area contributed by atoms with Crippen molar-refractivity contribution in [3.05, 3.63) is 28.3 Å². The Bertz CT molecular complexity index is 827. The highest BCUT2D eigenvalue weighted by molar-refractivity contribution is 7.89. The third-order valence-electron chi connectivity index (χ3n) is 6.03. The lowest BCUT2D eigenvalue weighted by Gasteiger charge is -2.34. The lowest BCUT2D eigenvalue weighted by molar-refractivity contribution is -0.900. The van der Waals surface area contributed by atoms with Gasteiger partial charge in [-0.15, -0.1) is 0 Å². The molecule has 0 saturated carbocycles. The number of sulfonamides is 1. The zero-order valence-electron chi connectivity index (χ0n) is 17.6. The van der Waals surface area contributed by atoms with E-state index in [2.05, 4.69) is 6.92 Å². The highest BCUT2D eigenvalue weighted by atomic mass is 32.2. The molecule has 1 aromatic rings. The van der Waals surface area contributed by atoms with Crippen LogP contribution in [-0.2, 0) is 10.0 Å². The van der Waals surface area contributed by atoms with Crippen LogP contribution in [0.4, 0.5) is 11.4 Å². The Hall–Kier alpha value is -1.71. The van der Waals surface area contributed by atoms with Gasteiger partial charge in [0.1, 0.15) is 5.69 Å². The molecule has 2 aliphatic heterocycles. The number of hydrogen-bond acceptors (Lipinski definition) is 5. The van der Waals surface area contributed by atoms with Crippen LogP contribution in [0.5, 0.6) is 0 Å². The van der Waals surface area contributed by atoms with E-state index in [1.54, 1.807) is 6.07 Å². The van der Waals surface area contributed by atoms with Crippen molar-refractivity contribution in [2.45, 2.75) is 38.5 Å². The van der Waals surface area contributed by atoms with Crippen LogP contribution in [0.3, 0.4) is 0 Å². The van der Waals surface area contributed by atoms with Crippen LogP contribution in [-0.4, -0.2) is 63.5 Å². The van der Waals surface area contributed by atoms with E-state index in [9.17, 15) is 18.5 Å². The zero-order chi connectivity index (χ0) is 21.2. The third-order valence-corrected chi connectivity index (χ3v) is 7.86. The number of anilines is 1. The van der Waals surface area contributed by atoms with E-state index >= 15 is 0 Å². The first kappa shape index (κ1) is 22.0. The Morgan fingerprint density at radius 1 is 1.17 bits per heavy atom. The van der Waals surface area contributed by atoms with Gasteiger partial charge in [-0.05, 0) is 36.8 Å². The average Bonchev–Trinajstić information content (AvgIpc) is 2.67. The normalized spacial score (nSPS) is 24.6. The van der Waals surface area contributed by atoms with Crippen molar-refractivity contribution < 1.29 is 18.2 Å². The molecule has 8 nitrogen and oxygen atoms in total. The summed E-state index contributed by atoms with van der Waals surface area (Å²) in [5, 5.41) is 11.8. The summed E-state index contributed by atoms with van der Waals surface area (Å²) in [5.74, 6) is 0.564. The maximum atomic E-state index is 13.1. The standard InChI is InChI=1S/C20H32N4O4S/c1-4-7-21-8-10-22(11-9-21)19-6-5-18(13-20(19)24(25)26)29(27,28)23-14-16(2)12-17(3)15-23/h5-6,13,16-17H,4,7-12,14-15H2,1-3H3/p+1/t16-,17+. The Labute approximate surface area is 173 Å². The maximum absolute atomic E-state index is 13.1. The smallest absolute Gasteiger partial charge is 0.293 e. The first-order valence-electron chi connectivity index (χ1n) is 10.6. The largest absolute Gasteiger partial charge is 0.355 e. The van der Waals surface area contributed by atoms with Crippen molar-refractivity contribution in [3.63, 3.8) is 0 Å². The fraction of sp³-hybridized carbons (Fsp3) is 0.700. The number of nitro benzene ring substituents is 1. The molecule has 0 aliphatic carbocycles. The van der Waals surface area contributed by atoms with Gasteiger partial charge in [0.2, 0.25) is 10.0 Å². The summed E-state index contributed by atoms with van der Waals surface area (Å²) < 4.78 is 27.8. The molecule has 0 spiro atoms. The summed E-state index contributed by atoms with van der Waals surface area (Å²) in [7, 11) is -3.74. The number of nitrogens with one attached hydrogen (secondary N) is 1. The minimum Gasteiger partial charge on any atom is -0.355 e. The second-order valence-corrected chi connectivity index (χ2v) is 10.6. The zero-order valence-corrected chi connectivity index (χ0v) is 18.5. The topological polar surface area (TPSA) is 88.2 Å². The number of benzene rings is 1. The molecule has 2 fully saturated rings. The van der Waals surface area contributed by atoms with Crippen molar-refractivity contribution in [2.24, 2.45) is 11.8 Å². The summed E-state index contributed by atoms with van der Waals surface area (Å²) in [5.41, 5.74) is 0.396. The average molecular weight is 426 g/mol. The van der Waals surface area contributed by atoms with Crippen LogP contribution in [0.15, 0.2) is 23.1 Å². The first-order valence-corrected chi connectivity index (χ1v) is 12.0. The summed E-state index contributed by atoms with van der Waals surface area (Å²) in [6.07, 6.45) is 2.12. The Balaban J connectivity index is 1.85. The number of nitrogens with zero attached hydrogens (tertiary/aromatic N) is 3. The summed E-state index contributed by atoms with van der Waals surface area (Å²) >= 11 is 0. The molecule has 1 N–H and O–H groups in total. The van der Waals surface area contributed by atoms with Crippen molar-refractivity contribution in [1.29, 1.82) is 0 Å². The molecule has 0 unspecified atom stereocenters. The van der Waals surface area contributed by atoms with E-state index in [-0.39, 0.29) is 22.4 Å². The molecule has 2 heterocycles. The van der Waals surface area contributed by atoms with Crippen molar-refractivity contribution >= 4 is 21.4 Å². The van der Waals surface area contributed by atoms with Crippen LogP contribution in [0.1, 0.15) is 33.6 Å². The van der Waals surface area contributed by atoms with Gasteiger partial charge in [0.15, 0.2) is 0 Å². The minimum atomic E-state index is -3.74. The van der Waals surface area contributed by atoms with Crippen LogP contribution in [0.25, 0.3) is 0 Å². The molecule has 2 atom stereocenters. The van der Waals surface area contributed by atoms with E-state index < -0.39 is 14.9 Å². The quantitative estimate of drug-likeness (QED) is 0.549. The fourth-order valence-corrected chi connectivity index (χ4v) is 6.40. The lowest BCUT2D eigenvalue weighted by atomic mass is 9.94. The molecule has 0 aromatic heterocycles. The lowest BCUT2D eigenvalue weighted by Crippen LogP contribution is -3.14. The van der Waals surface area contributed by atoms with Gasteiger partial charge in [0, 0.05) is 19.2 Å². The molecular formula is C20H33N4O4S+. The molecule has 0 amide bonds. The van der Waals surface area contributed by atoms with Crippen LogP contribution < -0.4 is 9.80 Å². The second kappa shape index (κ2) is 8.97. The van der Waals surface area contributed by atoms with Crippen LogP contribution in [0.2, 0.25) is 0 Å². The van der Waals surface area contributed by atoms with E-state index in [1.807, 2.05) is 18.7 Å². The summed E-state index contributed by atoms with van der Waals surface area (Å²) in [4.78, 5) is 14.8. The molecule has 162 valence electrons. The van der Waals surface area contributed by atoms with Gasteiger partial charge in [0.05, 0.1) is 42.5 Å². The monoisotopic (exact) mass is 425 g/mol. The van der Waals surface area contributed by atoms with E-state index in [0.29, 0.717) is 18.8 Å². The minimum absolute atomic E-state index is 0.0180. The van der Waals surface area contributed by atoms with Gasteiger partial charge in [-0.3, -0.25) is 10.1 Å². The highest BCUT2D eigenvalue weighted by Crippen LogP contribution is 2.33. The molecule has 2 aliphatic rings. The molecular weight excluding hydrogens is 392 g/mol. The molecule has 0 radical (unpaired) electrons. The Morgan fingerprint density at radius 3 is 2.34 bits per heavy atom.